The van der Waals surface area contributed by atoms with Gasteiger partial charge in [0.2, 0.25) is 5.28 Å². The second-order valence-electron chi connectivity index (χ2n) is 7.26. The van der Waals surface area contributed by atoms with Crippen LogP contribution in [0.15, 0.2) is 34.2 Å². The number of halogens is 1. The fourth-order valence-electron chi connectivity index (χ4n) is 3.15. The largest absolute Gasteiger partial charge is 0.363 e. The monoisotopic (exact) mass is 431 g/mol. The number of aliphatic imine (C=N–C) groups is 1. The highest BCUT2D eigenvalue weighted by Crippen LogP contribution is 2.39. The van der Waals surface area contributed by atoms with Gasteiger partial charge >= 0.3 is 0 Å². The fourth-order valence-corrected chi connectivity index (χ4v) is 3.76. The first-order valence-corrected chi connectivity index (χ1v) is 11.2. The van der Waals surface area contributed by atoms with Gasteiger partial charge in [0.25, 0.3) is 0 Å². The van der Waals surface area contributed by atoms with Gasteiger partial charge in [-0.05, 0) is 68.2 Å². The summed E-state index contributed by atoms with van der Waals surface area (Å²) in [7, 11) is 1.99. The molecule has 0 radical (unpaired) electrons. The molecule has 1 fully saturated rings. The molecule has 8 heteroatoms. The van der Waals surface area contributed by atoms with Crippen molar-refractivity contribution in [3.05, 3.63) is 40.8 Å². The van der Waals surface area contributed by atoms with Crippen molar-refractivity contribution in [1.29, 1.82) is 0 Å². The molecule has 154 valence electrons. The second kappa shape index (κ2) is 9.59. The molecule has 1 heterocycles. The predicted octanol–water partition coefficient (Wildman–Crippen LogP) is 4.41. The third-order valence-corrected chi connectivity index (χ3v) is 6.15. The van der Waals surface area contributed by atoms with Crippen molar-refractivity contribution in [2.24, 2.45) is 10.9 Å². The van der Waals surface area contributed by atoms with Crippen molar-refractivity contribution in [1.82, 2.24) is 15.3 Å². The van der Waals surface area contributed by atoms with E-state index in [0.29, 0.717) is 35.7 Å². The van der Waals surface area contributed by atoms with Crippen molar-refractivity contribution < 1.29 is 4.79 Å². The molecule has 0 saturated heterocycles. The smallest absolute Gasteiger partial charge is 0.224 e. The number of amidine groups is 1. The number of benzene rings is 1. The molecular formula is C21H26ClN5OS. The van der Waals surface area contributed by atoms with Crippen LogP contribution in [0.1, 0.15) is 31.0 Å². The average Bonchev–Trinajstić information content (AvgIpc) is 3.56. The van der Waals surface area contributed by atoms with Crippen LogP contribution in [-0.4, -0.2) is 41.4 Å². The number of thioether (sulfide) groups is 1. The summed E-state index contributed by atoms with van der Waals surface area (Å²) >= 11 is 7.81. The molecule has 0 amide bonds. The number of nitrogens with one attached hydrogen (secondary N) is 1. The molecule has 1 aromatic heterocycles. The molecule has 1 N–H and O–H groups in total. The highest BCUT2D eigenvalue weighted by molar-refractivity contribution is 7.98. The molecule has 2 aromatic rings. The van der Waals surface area contributed by atoms with Gasteiger partial charge in [0.15, 0.2) is 17.9 Å². The highest BCUT2D eigenvalue weighted by atomic mass is 35.5. The molecule has 0 aliphatic heterocycles. The van der Waals surface area contributed by atoms with E-state index in [1.165, 1.54) is 17.7 Å². The van der Waals surface area contributed by atoms with Crippen molar-refractivity contribution in [2.75, 3.05) is 18.2 Å². The SMILES string of the molecule is CSc1ccc(CN/C(C=O)=N/c2c(C)nc(Cl)nc2N(C)C(C)C2CC2)cc1. The van der Waals surface area contributed by atoms with E-state index in [1.54, 1.807) is 11.8 Å². The fraction of sp³-hybridized carbons (Fsp3) is 0.429. The van der Waals surface area contributed by atoms with Crippen molar-refractivity contribution in [3.63, 3.8) is 0 Å². The maximum Gasteiger partial charge on any atom is 0.224 e. The maximum absolute atomic E-state index is 11.7. The number of aryl methyl sites for hydroxylation is 1. The molecule has 6 nitrogen and oxygen atoms in total. The number of carbonyl (C=O) groups excluding carboxylic acids is 1. The summed E-state index contributed by atoms with van der Waals surface area (Å²) in [5.74, 6) is 1.54. The molecule has 1 saturated carbocycles. The third kappa shape index (κ3) is 5.48. The van der Waals surface area contributed by atoms with Crippen LogP contribution in [0.25, 0.3) is 0 Å². The number of rotatable bonds is 8. The van der Waals surface area contributed by atoms with E-state index in [0.717, 1.165) is 11.8 Å². The molecular weight excluding hydrogens is 406 g/mol. The zero-order chi connectivity index (χ0) is 21.0. The van der Waals surface area contributed by atoms with Crippen molar-refractivity contribution >= 4 is 47.0 Å². The van der Waals surface area contributed by atoms with Crippen LogP contribution < -0.4 is 10.2 Å². The molecule has 0 bridgehead atoms. The Balaban J connectivity index is 1.84. The minimum absolute atomic E-state index is 0.181. The summed E-state index contributed by atoms with van der Waals surface area (Å²) in [6.07, 6.45) is 5.20. The van der Waals surface area contributed by atoms with Gasteiger partial charge in [0.1, 0.15) is 5.69 Å². The first-order valence-electron chi connectivity index (χ1n) is 9.60. The number of anilines is 1. The van der Waals surface area contributed by atoms with Gasteiger partial charge in [-0.3, -0.25) is 4.79 Å². The Morgan fingerprint density at radius 3 is 2.66 bits per heavy atom. The molecule has 29 heavy (non-hydrogen) atoms. The van der Waals surface area contributed by atoms with Crippen LogP contribution in [0.4, 0.5) is 11.5 Å². The van der Waals surface area contributed by atoms with Gasteiger partial charge < -0.3 is 10.2 Å². The first kappa shape index (κ1) is 21.6. The quantitative estimate of drug-likeness (QED) is 0.219. The summed E-state index contributed by atoms with van der Waals surface area (Å²) in [5.41, 5.74) is 2.28. The van der Waals surface area contributed by atoms with E-state index in [9.17, 15) is 4.79 Å². The van der Waals surface area contributed by atoms with Crippen molar-refractivity contribution in [2.45, 2.75) is 44.2 Å². The Kier molecular flexibility index (Phi) is 7.14. The van der Waals surface area contributed by atoms with E-state index in [4.69, 9.17) is 11.6 Å². The summed E-state index contributed by atoms with van der Waals surface area (Å²) in [4.78, 5) is 28.2. The summed E-state index contributed by atoms with van der Waals surface area (Å²) < 4.78 is 0. The number of aldehydes is 1. The Morgan fingerprint density at radius 2 is 2.07 bits per heavy atom. The molecule has 1 aromatic carbocycles. The van der Waals surface area contributed by atoms with E-state index in [2.05, 4.69) is 44.2 Å². The number of carbonyl (C=O) groups is 1. The van der Waals surface area contributed by atoms with Gasteiger partial charge in [-0.25, -0.2) is 9.98 Å². The lowest BCUT2D eigenvalue weighted by Gasteiger charge is -2.27. The number of aromatic nitrogens is 2. The molecule has 0 spiro atoms. The third-order valence-electron chi connectivity index (χ3n) is 5.24. The highest BCUT2D eigenvalue weighted by Gasteiger charge is 2.32. The van der Waals surface area contributed by atoms with Crippen LogP contribution in [0.2, 0.25) is 5.28 Å². The molecule has 1 atom stereocenters. The summed E-state index contributed by atoms with van der Waals surface area (Å²) in [6, 6.07) is 8.51. The van der Waals surface area contributed by atoms with Crippen molar-refractivity contribution in [3.8, 4) is 0 Å². The second-order valence-corrected chi connectivity index (χ2v) is 8.47. The number of hydrogen-bond acceptors (Lipinski definition) is 6. The Labute approximate surface area is 181 Å². The van der Waals surface area contributed by atoms with E-state index in [1.807, 2.05) is 32.4 Å². The molecule has 1 aliphatic rings. The van der Waals surface area contributed by atoms with Crippen LogP contribution in [0.5, 0.6) is 0 Å². The zero-order valence-electron chi connectivity index (χ0n) is 17.1. The summed E-state index contributed by atoms with van der Waals surface area (Å²) in [5, 5.41) is 3.29. The Bertz CT molecular complexity index is 899. The Morgan fingerprint density at radius 1 is 1.38 bits per heavy atom. The van der Waals surface area contributed by atoms with Gasteiger partial charge in [0.05, 0.1) is 5.69 Å². The molecule has 3 rings (SSSR count). The lowest BCUT2D eigenvalue weighted by Crippen LogP contribution is -2.32. The zero-order valence-corrected chi connectivity index (χ0v) is 18.7. The lowest BCUT2D eigenvalue weighted by atomic mass is 10.2. The lowest BCUT2D eigenvalue weighted by molar-refractivity contribution is -0.102. The summed E-state index contributed by atoms with van der Waals surface area (Å²) in [6.45, 7) is 4.51. The van der Waals surface area contributed by atoms with Gasteiger partial charge in [-0.2, -0.15) is 4.98 Å². The predicted molar refractivity (Wildman–Crippen MR) is 121 cm³/mol. The van der Waals surface area contributed by atoms with Gasteiger partial charge in [-0.15, -0.1) is 11.8 Å². The van der Waals surface area contributed by atoms with Gasteiger partial charge in [0, 0.05) is 24.5 Å². The van der Waals surface area contributed by atoms with Crippen LogP contribution in [-0.2, 0) is 11.3 Å². The maximum atomic E-state index is 11.7. The topological polar surface area (TPSA) is 70.5 Å². The average molecular weight is 432 g/mol. The minimum atomic E-state index is 0.181. The van der Waals surface area contributed by atoms with Crippen LogP contribution >= 0.6 is 23.4 Å². The van der Waals surface area contributed by atoms with E-state index >= 15 is 0 Å². The van der Waals surface area contributed by atoms with Crippen LogP contribution in [0, 0.1) is 12.8 Å². The molecule has 1 aliphatic carbocycles. The number of nitrogens with zero attached hydrogens (tertiary/aromatic N) is 4. The first-order chi connectivity index (χ1) is 13.9. The standard InChI is InChI=1S/C21H26ClN5OS/c1-13-19(20(26-21(22)24-13)27(3)14(2)16-7-8-16)25-18(12-28)23-11-15-5-9-17(29-4)10-6-15/h5-6,9-10,12,14,16H,7-8,11H2,1-4H3,(H,23,25). The van der Waals surface area contributed by atoms with Gasteiger partial charge in [-0.1, -0.05) is 12.1 Å². The van der Waals surface area contributed by atoms with E-state index < -0.39 is 0 Å². The van der Waals surface area contributed by atoms with Crippen LogP contribution in [0.3, 0.4) is 0 Å². The minimum Gasteiger partial charge on any atom is -0.363 e. The normalized spacial score (nSPS) is 15.1. The Hall–Kier alpha value is -2.12. The number of hydrogen-bond donors (Lipinski definition) is 1. The van der Waals surface area contributed by atoms with E-state index in [-0.39, 0.29) is 11.1 Å². The molecule has 1 unspecified atom stereocenters.